The smallest absolute Gasteiger partial charge is 0.247 e. The second-order valence-corrected chi connectivity index (χ2v) is 7.22. The maximum Gasteiger partial charge on any atom is 0.247 e. The Morgan fingerprint density at radius 3 is 2.72 bits per heavy atom. The van der Waals surface area contributed by atoms with E-state index in [1.807, 2.05) is 13.0 Å². The zero-order valence-electron chi connectivity index (χ0n) is 15.8. The van der Waals surface area contributed by atoms with Crippen LogP contribution in [0.4, 0.5) is 5.69 Å². The molecule has 0 radical (unpaired) electrons. The van der Waals surface area contributed by atoms with Gasteiger partial charge in [-0.25, -0.2) is 0 Å². The molecule has 2 aromatic carbocycles. The Balaban J connectivity index is 1.64. The Hall–Kier alpha value is -2.70. The lowest BCUT2D eigenvalue weighted by Gasteiger charge is -2.20. The van der Waals surface area contributed by atoms with Gasteiger partial charge >= 0.3 is 0 Å². The molecular weight excluding hydrogens is 415 g/mol. The molecule has 0 aliphatic carbocycles. The van der Waals surface area contributed by atoms with E-state index in [9.17, 15) is 9.59 Å². The number of anilines is 1. The van der Waals surface area contributed by atoms with Gasteiger partial charge in [0.15, 0.2) is 11.5 Å². The van der Waals surface area contributed by atoms with Gasteiger partial charge in [0.1, 0.15) is 6.54 Å². The maximum atomic E-state index is 12.6. The van der Waals surface area contributed by atoms with E-state index in [0.717, 1.165) is 12.0 Å². The molecule has 2 aromatic rings. The monoisotopic (exact) mass is 434 g/mol. The van der Waals surface area contributed by atoms with Crippen molar-refractivity contribution in [3.8, 4) is 11.5 Å². The molecule has 8 heteroatoms. The first-order valence-electron chi connectivity index (χ1n) is 9.08. The number of amides is 2. The fourth-order valence-corrected chi connectivity index (χ4v) is 3.12. The zero-order valence-corrected chi connectivity index (χ0v) is 17.3. The van der Waals surface area contributed by atoms with Crippen LogP contribution in [0, 0.1) is 0 Å². The minimum absolute atomic E-state index is 0.0962. The number of carbonyl (C=O) groups is 2. The van der Waals surface area contributed by atoms with Gasteiger partial charge in [0, 0.05) is 17.6 Å². The van der Waals surface area contributed by atoms with Crippen LogP contribution in [0.5, 0.6) is 11.5 Å². The van der Waals surface area contributed by atoms with Crippen molar-refractivity contribution in [3.05, 3.63) is 58.1 Å². The Morgan fingerprint density at radius 1 is 1.14 bits per heavy atom. The lowest BCUT2D eigenvalue weighted by molar-refractivity contribution is -0.130. The number of rotatable bonds is 7. The first-order chi connectivity index (χ1) is 14.0. The number of benzene rings is 2. The fraction of sp³-hybridized carbons (Fsp3) is 0.238. The second kappa shape index (κ2) is 9.67. The minimum atomic E-state index is -0.354. The predicted octanol–water partition coefficient (Wildman–Crippen LogP) is 4.61. The molecule has 2 amide bonds. The molecule has 0 saturated carbocycles. The van der Waals surface area contributed by atoms with Crippen molar-refractivity contribution in [3.63, 3.8) is 0 Å². The summed E-state index contributed by atoms with van der Waals surface area (Å²) >= 11 is 12.0. The highest BCUT2D eigenvalue weighted by atomic mass is 35.5. The number of carbonyl (C=O) groups excluding carboxylic acids is 2. The lowest BCUT2D eigenvalue weighted by Crippen LogP contribution is -2.37. The van der Waals surface area contributed by atoms with Crippen molar-refractivity contribution in [2.75, 3.05) is 25.2 Å². The standard InChI is InChI=1S/C21H20Cl2N2O4/c1-2-9-25(12-20(26)24-17-11-15(22)5-6-16(17)23)21(27)8-4-14-3-7-18-19(10-14)29-13-28-18/h3-8,10-11H,2,9,12-13H2,1H3,(H,24,26)/b8-4+. The Labute approximate surface area is 179 Å². The van der Waals surface area contributed by atoms with Crippen molar-refractivity contribution < 1.29 is 19.1 Å². The van der Waals surface area contributed by atoms with Crippen molar-refractivity contribution in [1.29, 1.82) is 0 Å². The molecule has 0 fully saturated rings. The van der Waals surface area contributed by atoms with Gasteiger partial charge in [0.25, 0.3) is 0 Å². The summed E-state index contributed by atoms with van der Waals surface area (Å²) in [6, 6.07) is 10.2. The Bertz CT molecular complexity index is 946. The average Bonchev–Trinajstić information content (AvgIpc) is 3.16. The van der Waals surface area contributed by atoms with E-state index in [4.69, 9.17) is 32.7 Å². The average molecular weight is 435 g/mol. The maximum absolute atomic E-state index is 12.6. The van der Waals surface area contributed by atoms with Gasteiger partial charge in [-0.05, 0) is 48.4 Å². The molecule has 1 heterocycles. The van der Waals surface area contributed by atoms with Crippen molar-refractivity contribution in [2.45, 2.75) is 13.3 Å². The number of ether oxygens (including phenoxy) is 2. The molecule has 0 atom stereocenters. The molecule has 1 N–H and O–H groups in total. The molecule has 0 aromatic heterocycles. The molecule has 0 unspecified atom stereocenters. The van der Waals surface area contributed by atoms with E-state index in [0.29, 0.717) is 33.8 Å². The van der Waals surface area contributed by atoms with E-state index in [2.05, 4.69) is 5.32 Å². The molecule has 29 heavy (non-hydrogen) atoms. The van der Waals surface area contributed by atoms with Gasteiger partial charge in [-0.15, -0.1) is 0 Å². The van der Waals surface area contributed by atoms with Crippen LogP contribution in [0.25, 0.3) is 6.08 Å². The Kier molecular flexibility index (Phi) is 7.01. The van der Waals surface area contributed by atoms with Gasteiger partial charge in [0.2, 0.25) is 18.6 Å². The lowest BCUT2D eigenvalue weighted by atomic mass is 10.2. The van der Waals surface area contributed by atoms with E-state index in [1.54, 1.807) is 36.4 Å². The van der Waals surface area contributed by atoms with E-state index >= 15 is 0 Å². The summed E-state index contributed by atoms with van der Waals surface area (Å²) in [5.41, 5.74) is 1.21. The third-order valence-electron chi connectivity index (χ3n) is 4.16. The molecule has 1 aliphatic heterocycles. The highest BCUT2D eigenvalue weighted by molar-refractivity contribution is 6.35. The van der Waals surface area contributed by atoms with Crippen LogP contribution in [0.3, 0.4) is 0 Å². The topological polar surface area (TPSA) is 67.9 Å². The van der Waals surface area contributed by atoms with E-state index in [1.165, 1.54) is 11.0 Å². The van der Waals surface area contributed by atoms with Crippen LogP contribution in [0.2, 0.25) is 10.0 Å². The number of nitrogens with zero attached hydrogens (tertiary/aromatic N) is 1. The summed E-state index contributed by atoms with van der Waals surface area (Å²) in [6.07, 6.45) is 3.83. The number of halogens is 2. The first kappa shape index (κ1) is 21.0. The predicted molar refractivity (Wildman–Crippen MR) is 114 cm³/mol. The molecule has 3 rings (SSSR count). The van der Waals surface area contributed by atoms with Gasteiger partial charge in [-0.1, -0.05) is 36.2 Å². The second-order valence-electron chi connectivity index (χ2n) is 6.38. The highest BCUT2D eigenvalue weighted by Crippen LogP contribution is 2.32. The van der Waals surface area contributed by atoms with Gasteiger partial charge in [-0.2, -0.15) is 0 Å². The number of hydrogen-bond donors (Lipinski definition) is 1. The quantitative estimate of drug-likeness (QED) is 0.645. The third kappa shape index (κ3) is 5.65. The Morgan fingerprint density at radius 2 is 1.93 bits per heavy atom. The van der Waals surface area contributed by atoms with Crippen LogP contribution >= 0.6 is 23.2 Å². The van der Waals surface area contributed by atoms with E-state index in [-0.39, 0.29) is 25.2 Å². The fourth-order valence-electron chi connectivity index (χ4n) is 2.78. The molecule has 6 nitrogen and oxygen atoms in total. The number of fused-ring (bicyclic) bond motifs is 1. The highest BCUT2D eigenvalue weighted by Gasteiger charge is 2.16. The van der Waals surface area contributed by atoms with Gasteiger partial charge in [-0.3, -0.25) is 9.59 Å². The molecule has 0 saturated heterocycles. The van der Waals surface area contributed by atoms with Crippen LogP contribution in [-0.4, -0.2) is 36.6 Å². The zero-order chi connectivity index (χ0) is 20.8. The third-order valence-corrected chi connectivity index (χ3v) is 4.72. The van der Waals surface area contributed by atoms with Gasteiger partial charge < -0.3 is 19.7 Å². The van der Waals surface area contributed by atoms with Crippen molar-refractivity contribution in [1.82, 2.24) is 4.90 Å². The van der Waals surface area contributed by atoms with Crippen molar-refractivity contribution in [2.24, 2.45) is 0 Å². The summed E-state index contributed by atoms with van der Waals surface area (Å²) in [5, 5.41) is 3.52. The largest absolute Gasteiger partial charge is 0.454 e. The number of nitrogens with one attached hydrogen (secondary N) is 1. The van der Waals surface area contributed by atoms with Crippen molar-refractivity contribution >= 4 is 46.8 Å². The first-order valence-corrected chi connectivity index (χ1v) is 9.83. The molecule has 1 aliphatic rings. The van der Waals surface area contributed by atoms with Crippen LogP contribution < -0.4 is 14.8 Å². The summed E-state index contributed by atoms with van der Waals surface area (Å²) in [6.45, 7) is 2.48. The summed E-state index contributed by atoms with van der Waals surface area (Å²) in [7, 11) is 0. The van der Waals surface area contributed by atoms with Crippen LogP contribution in [-0.2, 0) is 9.59 Å². The normalized spacial score (nSPS) is 12.2. The molecule has 0 bridgehead atoms. The molecule has 0 spiro atoms. The molecule has 152 valence electrons. The SMILES string of the molecule is CCCN(CC(=O)Nc1cc(Cl)ccc1Cl)C(=O)/C=C/c1ccc2c(c1)OCO2. The van der Waals surface area contributed by atoms with Crippen LogP contribution in [0.15, 0.2) is 42.5 Å². The summed E-state index contributed by atoms with van der Waals surface area (Å²) in [4.78, 5) is 26.5. The van der Waals surface area contributed by atoms with E-state index < -0.39 is 0 Å². The summed E-state index contributed by atoms with van der Waals surface area (Å²) < 4.78 is 10.6. The number of hydrogen-bond acceptors (Lipinski definition) is 4. The van der Waals surface area contributed by atoms with Gasteiger partial charge in [0.05, 0.1) is 10.7 Å². The van der Waals surface area contributed by atoms with Crippen LogP contribution in [0.1, 0.15) is 18.9 Å². The molecular formula is C21H20Cl2N2O4. The minimum Gasteiger partial charge on any atom is -0.454 e. The summed E-state index contributed by atoms with van der Waals surface area (Å²) in [5.74, 6) is 0.699.